The highest BCUT2D eigenvalue weighted by Crippen LogP contribution is 2.62. The topological polar surface area (TPSA) is 39.6 Å². The van der Waals surface area contributed by atoms with Gasteiger partial charge in [0.2, 0.25) is 0 Å². The first-order valence-electron chi connectivity index (χ1n) is 16.6. The lowest BCUT2D eigenvalue weighted by molar-refractivity contribution is -0.00512. The third kappa shape index (κ3) is 2.52. The summed E-state index contributed by atoms with van der Waals surface area (Å²) in [5.74, 6) is 2.34. The molecule has 1 heterocycles. The lowest BCUT2D eigenvalue weighted by atomic mass is 9.48. The van der Waals surface area contributed by atoms with E-state index in [9.17, 15) is 5.26 Å². The fourth-order valence-electron chi connectivity index (χ4n) is 10.7. The first kappa shape index (κ1) is 19.3. The summed E-state index contributed by atoms with van der Waals surface area (Å²) in [7, 11) is 0. The van der Waals surface area contributed by atoms with Crippen LogP contribution >= 0.6 is 0 Å². The van der Waals surface area contributed by atoms with Crippen LogP contribution in [0.25, 0.3) is 21.8 Å². The Morgan fingerprint density at radius 1 is 0.800 bits per heavy atom. The minimum atomic E-state index is -2.43. The fourth-order valence-corrected chi connectivity index (χ4v) is 10.7. The van der Waals surface area contributed by atoms with E-state index in [1.165, 1.54) is 66.3 Å². The molecule has 7 aliphatic rings. The summed E-state index contributed by atoms with van der Waals surface area (Å²) in [6.45, 7) is -2.43. The van der Waals surface area contributed by atoms with Gasteiger partial charge < -0.3 is 4.98 Å². The number of aromatic amines is 1. The van der Waals surface area contributed by atoms with Gasteiger partial charge >= 0.3 is 0 Å². The van der Waals surface area contributed by atoms with Crippen LogP contribution in [0.5, 0.6) is 0 Å². The van der Waals surface area contributed by atoms with Crippen molar-refractivity contribution < 1.29 is 4.11 Å². The Bertz CT molecular complexity index is 2010. The number of fused-ring (bicyclic) bond motifs is 3. The van der Waals surface area contributed by atoms with Gasteiger partial charge in [0.15, 0.2) is 0 Å². The van der Waals surface area contributed by atoms with Crippen LogP contribution in [0.1, 0.15) is 105 Å². The molecule has 2 heteroatoms. The number of rotatable bonds is 1. The fraction of sp³-hybridized carbons (Fsp3) is 0.342. The molecule has 4 saturated carbocycles. The maximum Gasteiger partial charge on any atom is 0.0998 e. The highest BCUT2D eigenvalue weighted by molar-refractivity contribution is 6.12. The summed E-state index contributed by atoms with van der Waals surface area (Å²) in [6.07, 6.45) is 8.08. The van der Waals surface area contributed by atoms with E-state index in [1.807, 2.05) is 0 Å². The molecule has 1 N–H and O–H groups in total. The Balaban J connectivity index is 1.33. The summed E-state index contributed by atoms with van der Waals surface area (Å²) in [5.41, 5.74) is 10.8. The van der Waals surface area contributed by atoms with E-state index in [-0.39, 0.29) is 22.8 Å². The highest BCUT2D eigenvalue weighted by atomic mass is 14.7. The van der Waals surface area contributed by atoms with Crippen LogP contribution < -0.4 is 0 Å². The number of benzene rings is 4. The molecule has 5 aromatic rings. The minimum absolute atomic E-state index is 0.0464. The lowest BCUT2D eigenvalue weighted by Gasteiger charge is -2.57. The molecule has 40 heavy (non-hydrogen) atoms. The quantitative estimate of drug-likeness (QED) is 0.231. The zero-order valence-corrected chi connectivity index (χ0v) is 22.4. The van der Waals surface area contributed by atoms with Crippen molar-refractivity contribution >= 4 is 21.8 Å². The predicted octanol–water partition coefficient (Wildman–Crippen LogP) is 8.96. The van der Waals surface area contributed by atoms with E-state index < -0.39 is 6.85 Å². The molecule has 6 bridgehead atoms. The molecular formula is C38H32N2. The third-order valence-electron chi connectivity index (χ3n) is 11.7. The van der Waals surface area contributed by atoms with Gasteiger partial charge in [0.25, 0.3) is 0 Å². The number of aromatic nitrogens is 1. The van der Waals surface area contributed by atoms with E-state index in [0.717, 1.165) is 45.2 Å². The van der Waals surface area contributed by atoms with Crippen LogP contribution in [0, 0.1) is 35.9 Å². The largest absolute Gasteiger partial charge is 0.354 e. The zero-order valence-electron chi connectivity index (χ0n) is 25.4. The van der Waals surface area contributed by atoms with E-state index in [4.69, 9.17) is 4.11 Å². The van der Waals surface area contributed by atoms with Gasteiger partial charge in [-0.25, -0.2) is 0 Å². The normalized spacial score (nSPS) is 31.8. The van der Waals surface area contributed by atoms with Gasteiger partial charge in [-0.15, -0.1) is 0 Å². The highest BCUT2D eigenvalue weighted by Gasteiger charge is 2.52. The Morgan fingerprint density at radius 3 is 1.93 bits per heavy atom. The second-order valence-electron chi connectivity index (χ2n) is 13.6. The molecule has 2 nitrogen and oxygen atoms in total. The monoisotopic (exact) mass is 519 g/mol. The van der Waals surface area contributed by atoms with Crippen molar-refractivity contribution in [1.82, 2.24) is 4.98 Å². The van der Waals surface area contributed by atoms with Crippen LogP contribution in [-0.2, 0) is 5.41 Å². The number of nitriles is 1. The zero-order chi connectivity index (χ0) is 28.8. The number of H-pyrrole nitrogens is 1. The van der Waals surface area contributed by atoms with Crippen molar-refractivity contribution in [3.63, 3.8) is 0 Å². The van der Waals surface area contributed by atoms with Gasteiger partial charge in [0.1, 0.15) is 0 Å². The minimum Gasteiger partial charge on any atom is -0.354 e. The maximum absolute atomic E-state index is 10.7. The number of hydrogen-bond donors (Lipinski definition) is 1. The van der Waals surface area contributed by atoms with Crippen molar-refractivity contribution in [2.45, 2.75) is 62.6 Å². The Hall–Kier alpha value is -3.83. The summed E-state index contributed by atoms with van der Waals surface area (Å²) in [5, 5.41) is 12.9. The summed E-state index contributed by atoms with van der Waals surface area (Å²) >= 11 is 0. The van der Waals surface area contributed by atoms with Crippen LogP contribution in [0.2, 0.25) is 0 Å². The first-order chi connectivity index (χ1) is 20.8. The molecule has 0 saturated heterocycles. The van der Waals surface area contributed by atoms with Crippen molar-refractivity contribution in [2.75, 3.05) is 0 Å². The average Bonchev–Trinajstić information content (AvgIpc) is 3.37. The van der Waals surface area contributed by atoms with Crippen LogP contribution in [0.4, 0.5) is 0 Å². The lowest BCUT2D eigenvalue weighted by Crippen LogP contribution is -2.48. The molecule has 0 unspecified atom stereocenters. The van der Waals surface area contributed by atoms with Crippen molar-refractivity contribution in [3.05, 3.63) is 117 Å². The number of nitrogens with one attached hydrogen (secondary N) is 1. The van der Waals surface area contributed by atoms with Gasteiger partial charge in [-0.1, -0.05) is 54.6 Å². The molecular weight excluding hydrogens is 484 g/mol. The van der Waals surface area contributed by atoms with E-state index in [1.54, 1.807) is 0 Å². The van der Waals surface area contributed by atoms with Crippen LogP contribution in [0.3, 0.4) is 0 Å². The summed E-state index contributed by atoms with van der Waals surface area (Å²) < 4.78 is 26.1. The molecule has 0 radical (unpaired) electrons. The molecule has 1 aromatic heterocycles. The van der Waals surface area contributed by atoms with Crippen molar-refractivity contribution in [2.24, 2.45) is 17.8 Å². The third-order valence-corrected chi connectivity index (χ3v) is 11.7. The SMILES string of the molecule is [2H]C([2H])([2H])c1c(C#N)c2c(c3c1[nH]c1ccc(C45CC6CC(CC(C6)C4)C5)cc13)C1c3ccccc3C2c2ccccc21. The van der Waals surface area contributed by atoms with E-state index in [2.05, 4.69) is 77.8 Å². The molecule has 7 aliphatic carbocycles. The molecule has 4 aromatic carbocycles. The van der Waals surface area contributed by atoms with Gasteiger partial charge in [-0.2, -0.15) is 5.26 Å². The molecule has 0 amide bonds. The predicted molar refractivity (Wildman–Crippen MR) is 160 cm³/mol. The van der Waals surface area contributed by atoms with Crippen LogP contribution in [0.15, 0.2) is 66.7 Å². The second kappa shape index (κ2) is 7.27. The number of aryl methyl sites for hydroxylation is 1. The standard InChI is InChI=1S/C38H32N2/c1-20-30(19-39)34-32-25-6-2-4-8-27(25)33(28-9-5-3-7-26(28)32)36(34)35-29-15-24(10-11-31(29)40-37(20)35)38-16-21-12-22(17-38)14-23(13-21)18-38/h2-11,15,21-23,32-33,40H,12-14,16-18H2,1H3/i1D3. The van der Waals surface area contributed by atoms with Gasteiger partial charge in [0.05, 0.1) is 17.1 Å². The smallest absolute Gasteiger partial charge is 0.0998 e. The van der Waals surface area contributed by atoms with E-state index >= 15 is 0 Å². The summed E-state index contributed by atoms with van der Waals surface area (Å²) in [4.78, 5) is 3.58. The molecule has 4 fully saturated rings. The number of nitrogens with zero attached hydrogens (tertiary/aromatic N) is 1. The van der Waals surface area contributed by atoms with Crippen LogP contribution in [-0.4, -0.2) is 4.98 Å². The molecule has 12 rings (SSSR count). The van der Waals surface area contributed by atoms with Crippen molar-refractivity contribution in [1.29, 1.82) is 5.26 Å². The number of hydrogen-bond acceptors (Lipinski definition) is 1. The van der Waals surface area contributed by atoms with E-state index in [0.29, 0.717) is 11.1 Å². The Labute approximate surface area is 239 Å². The molecule has 0 aliphatic heterocycles. The van der Waals surface area contributed by atoms with Gasteiger partial charge in [-0.3, -0.25) is 0 Å². The Morgan fingerprint density at radius 2 is 1.38 bits per heavy atom. The molecule has 194 valence electrons. The molecule has 0 atom stereocenters. The Kier molecular flexibility index (Phi) is 3.50. The molecule has 0 spiro atoms. The average molecular weight is 520 g/mol. The maximum atomic E-state index is 10.7. The second-order valence-corrected chi connectivity index (χ2v) is 13.6. The van der Waals surface area contributed by atoms with Gasteiger partial charge in [0, 0.05) is 32.2 Å². The first-order valence-corrected chi connectivity index (χ1v) is 15.1. The summed E-state index contributed by atoms with van der Waals surface area (Å²) in [6, 6.07) is 26.6. The van der Waals surface area contributed by atoms with Crippen molar-refractivity contribution in [3.8, 4) is 6.07 Å². The van der Waals surface area contributed by atoms with Gasteiger partial charge in [-0.05, 0) is 125 Å².